The van der Waals surface area contributed by atoms with Crippen LogP contribution in [0.25, 0.3) is 5.57 Å². The van der Waals surface area contributed by atoms with Crippen LogP contribution in [0.4, 0.5) is 10.5 Å². The zero-order valence-electron chi connectivity index (χ0n) is 18.2. The van der Waals surface area contributed by atoms with Crippen LogP contribution in [0.5, 0.6) is 5.75 Å². The predicted octanol–water partition coefficient (Wildman–Crippen LogP) is 6.01. The first-order chi connectivity index (χ1) is 15.4. The number of hydrogen-bond donors (Lipinski definition) is 2. The molecule has 1 heterocycles. The molecule has 1 aliphatic heterocycles. The van der Waals surface area contributed by atoms with E-state index in [-0.39, 0.29) is 12.0 Å². The van der Waals surface area contributed by atoms with E-state index in [0.29, 0.717) is 11.4 Å². The van der Waals surface area contributed by atoms with Crippen LogP contribution < -0.4 is 15.4 Å². The van der Waals surface area contributed by atoms with Crippen LogP contribution in [-0.2, 0) is 10.5 Å². The third-order valence-electron chi connectivity index (χ3n) is 5.14. The number of ether oxygens (including phenoxy) is 1. The summed E-state index contributed by atoms with van der Waals surface area (Å²) in [6.45, 7) is 5.06. The van der Waals surface area contributed by atoms with Gasteiger partial charge in [0.05, 0.1) is 5.03 Å². The van der Waals surface area contributed by atoms with E-state index < -0.39 is 0 Å². The van der Waals surface area contributed by atoms with Crippen LogP contribution in [-0.4, -0.2) is 12.0 Å². The summed E-state index contributed by atoms with van der Waals surface area (Å²) in [6, 6.07) is 21.6. The fraction of sp³-hybridized carbons (Fsp3) is 0.154. The first-order valence-corrected chi connectivity index (χ1v) is 11.3. The molecule has 3 aromatic carbocycles. The van der Waals surface area contributed by atoms with Gasteiger partial charge in [0.15, 0.2) is 0 Å². The average molecular weight is 445 g/mol. The van der Waals surface area contributed by atoms with E-state index >= 15 is 0 Å². The molecule has 6 heteroatoms. The van der Waals surface area contributed by atoms with Crippen molar-refractivity contribution < 1.29 is 14.3 Å². The van der Waals surface area contributed by atoms with Gasteiger partial charge >= 0.3 is 12.0 Å². The zero-order valence-corrected chi connectivity index (χ0v) is 19.0. The quantitative estimate of drug-likeness (QED) is 0.382. The number of aryl methyl sites for hydroxylation is 2. The molecular weight excluding hydrogens is 420 g/mol. The van der Waals surface area contributed by atoms with Gasteiger partial charge in [0.1, 0.15) is 5.75 Å². The maximum absolute atomic E-state index is 12.9. The van der Waals surface area contributed by atoms with E-state index in [1.54, 1.807) is 23.9 Å². The van der Waals surface area contributed by atoms with E-state index in [1.807, 2.05) is 44.2 Å². The van der Waals surface area contributed by atoms with Crippen molar-refractivity contribution in [3.8, 4) is 5.75 Å². The molecule has 0 bridgehead atoms. The summed E-state index contributed by atoms with van der Waals surface area (Å²) in [6.07, 6.45) is 0. The summed E-state index contributed by atoms with van der Waals surface area (Å²) in [7, 11) is 0. The zero-order chi connectivity index (χ0) is 22.7. The molecule has 2 amide bonds. The summed E-state index contributed by atoms with van der Waals surface area (Å²) >= 11 is 1.61. The van der Waals surface area contributed by atoms with Gasteiger partial charge in [0.2, 0.25) is 0 Å². The van der Waals surface area contributed by atoms with E-state index in [9.17, 15) is 9.59 Å². The molecule has 32 heavy (non-hydrogen) atoms. The number of rotatable bonds is 4. The maximum Gasteiger partial charge on any atom is 0.324 e. The largest absolute Gasteiger partial charge is 0.426 e. The van der Waals surface area contributed by atoms with Crippen molar-refractivity contribution in [3.05, 3.63) is 99.6 Å². The molecule has 0 atom stereocenters. The van der Waals surface area contributed by atoms with Gasteiger partial charge in [-0.15, -0.1) is 11.8 Å². The van der Waals surface area contributed by atoms with E-state index in [2.05, 4.69) is 34.9 Å². The molecule has 0 radical (unpaired) electrons. The van der Waals surface area contributed by atoms with Crippen molar-refractivity contribution in [1.29, 1.82) is 0 Å². The first kappa shape index (κ1) is 21.7. The second kappa shape index (κ2) is 9.32. The topological polar surface area (TPSA) is 67.4 Å². The Hall–Kier alpha value is -3.51. The van der Waals surface area contributed by atoms with Gasteiger partial charge in [-0.3, -0.25) is 4.79 Å². The summed E-state index contributed by atoms with van der Waals surface area (Å²) in [5.74, 6) is 0.943. The Morgan fingerprint density at radius 2 is 1.56 bits per heavy atom. The van der Waals surface area contributed by atoms with Gasteiger partial charge in [0, 0.05) is 23.9 Å². The molecule has 0 fully saturated rings. The van der Waals surface area contributed by atoms with Gasteiger partial charge in [-0.25, -0.2) is 4.79 Å². The molecular formula is C26H24N2O3S. The molecule has 0 aromatic heterocycles. The predicted molar refractivity (Wildman–Crippen MR) is 130 cm³/mol. The van der Waals surface area contributed by atoms with Crippen molar-refractivity contribution >= 4 is 35.0 Å². The second-order valence-electron chi connectivity index (χ2n) is 7.63. The average Bonchev–Trinajstić information content (AvgIpc) is 2.76. The molecule has 0 spiro atoms. The van der Waals surface area contributed by atoms with Gasteiger partial charge in [-0.2, -0.15) is 0 Å². The van der Waals surface area contributed by atoms with Crippen molar-refractivity contribution in [2.45, 2.75) is 26.5 Å². The van der Waals surface area contributed by atoms with Crippen LogP contribution in [0.2, 0.25) is 0 Å². The number of thioether (sulfide) groups is 1. The lowest BCUT2D eigenvalue weighted by atomic mass is 9.95. The Kier molecular flexibility index (Phi) is 6.32. The highest BCUT2D eigenvalue weighted by Gasteiger charge is 2.22. The van der Waals surface area contributed by atoms with Crippen LogP contribution in [0.1, 0.15) is 34.7 Å². The number of urea groups is 1. The smallest absolute Gasteiger partial charge is 0.324 e. The van der Waals surface area contributed by atoms with E-state index in [0.717, 1.165) is 38.6 Å². The fourth-order valence-corrected chi connectivity index (χ4v) is 4.91. The Bertz CT molecular complexity index is 1200. The highest BCUT2D eigenvalue weighted by molar-refractivity contribution is 8.02. The summed E-state index contributed by atoms with van der Waals surface area (Å²) in [5, 5.41) is 6.78. The van der Waals surface area contributed by atoms with E-state index in [1.165, 1.54) is 12.5 Å². The number of amides is 2. The minimum Gasteiger partial charge on any atom is -0.426 e. The highest BCUT2D eigenvalue weighted by atomic mass is 32.2. The molecule has 0 unspecified atom stereocenters. The standard InChI is InChI=1S/C26H24N2O3S/c1-16-13-21(14-17(2)24(16)31-18(3)29)27-26(30)28-25-23(19-9-5-4-6-10-19)22-12-8-7-11-20(22)15-32-25/h4-14H,15H2,1-3H3,(H2,27,28,30). The molecule has 0 saturated heterocycles. The summed E-state index contributed by atoms with van der Waals surface area (Å²) in [4.78, 5) is 24.2. The Labute approximate surface area is 191 Å². The third-order valence-corrected chi connectivity index (χ3v) is 6.19. The summed E-state index contributed by atoms with van der Waals surface area (Å²) in [5.41, 5.74) is 6.64. The molecule has 2 N–H and O–H groups in total. The number of carbonyl (C=O) groups excluding carboxylic acids is 2. The molecule has 0 aliphatic carbocycles. The van der Waals surface area contributed by atoms with Crippen LogP contribution in [0.3, 0.4) is 0 Å². The maximum atomic E-state index is 12.9. The monoisotopic (exact) mass is 444 g/mol. The number of benzene rings is 3. The van der Waals surface area contributed by atoms with Gasteiger partial charge in [-0.05, 0) is 53.8 Å². The van der Waals surface area contributed by atoms with E-state index in [4.69, 9.17) is 4.74 Å². The lowest BCUT2D eigenvalue weighted by molar-refractivity contribution is -0.131. The third kappa shape index (κ3) is 4.70. The van der Waals surface area contributed by atoms with Gasteiger partial charge in [-0.1, -0.05) is 54.6 Å². The number of carbonyl (C=O) groups is 2. The molecule has 1 aliphatic rings. The van der Waals surface area contributed by atoms with Crippen molar-refractivity contribution in [2.24, 2.45) is 0 Å². The summed E-state index contributed by atoms with van der Waals surface area (Å²) < 4.78 is 5.28. The number of fused-ring (bicyclic) bond motifs is 1. The second-order valence-corrected chi connectivity index (χ2v) is 8.61. The molecule has 162 valence electrons. The first-order valence-electron chi connectivity index (χ1n) is 10.3. The minimum atomic E-state index is -0.371. The number of hydrogen-bond acceptors (Lipinski definition) is 4. The van der Waals surface area contributed by atoms with Crippen molar-refractivity contribution in [3.63, 3.8) is 0 Å². The molecule has 5 nitrogen and oxygen atoms in total. The lowest BCUT2D eigenvalue weighted by Gasteiger charge is -2.24. The fourth-order valence-electron chi connectivity index (χ4n) is 3.82. The van der Waals surface area contributed by atoms with Gasteiger partial charge < -0.3 is 15.4 Å². The molecule has 4 rings (SSSR count). The molecule has 3 aromatic rings. The highest BCUT2D eigenvalue weighted by Crippen LogP contribution is 2.40. The van der Waals surface area contributed by atoms with Gasteiger partial charge in [0.25, 0.3) is 0 Å². The van der Waals surface area contributed by atoms with Crippen LogP contribution in [0.15, 0.2) is 71.8 Å². The van der Waals surface area contributed by atoms with Crippen molar-refractivity contribution in [1.82, 2.24) is 5.32 Å². The Balaban J connectivity index is 1.62. The lowest BCUT2D eigenvalue weighted by Crippen LogP contribution is -2.29. The number of esters is 1. The number of anilines is 1. The molecule has 0 saturated carbocycles. The Morgan fingerprint density at radius 1 is 0.906 bits per heavy atom. The number of nitrogens with one attached hydrogen (secondary N) is 2. The van der Waals surface area contributed by atoms with Crippen molar-refractivity contribution in [2.75, 3.05) is 5.32 Å². The van der Waals surface area contributed by atoms with Crippen LogP contribution >= 0.6 is 11.8 Å². The minimum absolute atomic E-state index is 0.320. The van der Waals surface area contributed by atoms with Crippen LogP contribution in [0, 0.1) is 13.8 Å². The normalized spacial score (nSPS) is 12.7. The SMILES string of the molecule is CC(=O)Oc1c(C)cc(NC(=O)NC2=C(c3ccccc3)c3ccccc3CS2)cc1C. The Morgan fingerprint density at radius 3 is 2.25 bits per heavy atom.